The monoisotopic (exact) mass is 399 g/mol. The molecular weight excluding hydrogens is 378 g/mol. The molecule has 1 amide bonds. The van der Waals surface area contributed by atoms with Crippen LogP contribution < -0.4 is 15.4 Å². The number of carbonyl (C=O) groups excluding carboxylic acids is 1. The Hall–Kier alpha value is -1.82. The molecule has 0 saturated carbocycles. The van der Waals surface area contributed by atoms with E-state index in [-0.39, 0.29) is 23.0 Å². The average Bonchev–Trinajstić information content (AvgIpc) is 2.62. The number of halogens is 3. The molecule has 2 aromatic carbocycles. The highest BCUT2D eigenvalue weighted by molar-refractivity contribution is 6.35. The summed E-state index contributed by atoms with van der Waals surface area (Å²) in [6.45, 7) is 4.08. The Morgan fingerprint density at radius 2 is 1.85 bits per heavy atom. The molecule has 0 saturated heterocycles. The van der Waals surface area contributed by atoms with Crippen LogP contribution in [0.25, 0.3) is 0 Å². The van der Waals surface area contributed by atoms with Crippen LogP contribution in [0.5, 0.6) is 5.75 Å². The predicted molar refractivity (Wildman–Crippen MR) is 101 cm³/mol. The minimum absolute atomic E-state index is 0.0174. The standard InChI is InChI=1S/C19H21Cl2FN2O2/c1-11(15-8-18(22)17(21)9-16(15)20)24-12(2)19(25)23-10-13-4-6-14(26-3)7-5-13/h4-9,11-12,24H,10H2,1-3H3,(H,23,25)/p+1/t11-,12+/m1/s1. The van der Waals surface area contributed by atoms with Crippen molar-refractivity contribution >= 4 is 29.1 Å². The van der Waals surface area contributed by atoms with E-state index >= 15 is 0 Å². The summed E-state index contributed by atoms with van der Waals surface area (Å²) in [5, 5.41) is 5.08. The van der Waals surface area contributed by atoms with Gasteiger partial charge >= 0.3 is 0 Å². The maximum Gasteiger partial charge on any atom is 0.278 e. The number of benzene rings is 2. The molecule has 0 aromatic heterocycles. The molecule has 0 spiro atoms. The van der Waals surface area contributed by atoms with Gasteiger partial charge in [0.15, 0.2) is 6.04 Å². The van der Waals surface area contributed by atoms with Gasteiger partial charge in [-0.2, -0.15) is 0 Å². The summed E-state index contributed by atoms with van der Waals surface area (Å²) in [4.78, 5) is 12.3. The topological polar surface area (TPSA) is 54.9 Å². The molecule has 0 fully saturated rings. The second-order valence-corrected chi connectivity index (χ2v) is 6.94. The quantitative estimate of drug-likeness (QED) is 0.700. The molecule has 0 heterocycles. The molecule has 0 radical (unpaired) electrons. The number of nitrogens with one attached hydrogen (secondary N) is 1. The number of nitrogens with two attached hydrogens (primary N) is 1. The molecule has 0 bridgehead atoms. The summed E-state index contributed by atoms with van der Waals surface area (Å²) in [5.74, 6) is 0.129. The first-order valence-corrected chi connectivity index (χ1v) is 8.97. The molecule has 140 valence electrons. The average molecular weight is 400 g/mol. The lowest BCUT2D eigenvalue weighted by molar-refractivity contribution is -0.710. The van der Waals surface area contributed by atoms with E-state index in [1.54, 1.807) is 14.0 Å². The van der Waals surface area contributed by atoms with Crippen LogP contribution in [0.1, 0.15) is 31.0 Å². The van der Waals surface area contributed by atoms with Gasteiger partial charge in [0.05, 0.1) is 17.2 Å². The highest BCUT2D eigenvalue weighted by Gasteiger charge is 2.22. The van der Waals surface area contributed by atoms with Gasteiger partial charge in [-0.1, -0.05) is 35.3 Å². The number of quaternary nitrogens is 1. The van der Waals surface area contributed by atoms with Crippen molar-refractivity contribution in [3.05, 3.63) is 63.4 Å². The van der Waals surface area contributed by atoms with Gasteiger partial charge in [0.2, 0.25) is 0 Å². The molecule has 2 rings (SSSR count). The van der Waals surface area contributed by atoms with Gasteiger partial charge in [0.1, 0.15) is 17.6 Å². The smallest absolute Gasteiger partial charge is 0.278 e. The highest BCUT2D eigenvalue weighted by atomic mass is 35.5. The van der Waals surface area contributed by atoms with Crippen molar-refractivity contribution in [2.45, 2.75) is 32.5 Å². The van der Waals surface area contributed by atoms with Crippen LogP contribution in [0, 0.1) is 5.82 Å². The minimum Gasteiger partial charge on any atom is -0.497 e. The lowest BCUT2D eigenvalue weighted by Gasteiger charge is -2.18. The van der Waals surface area contributed by atoms with Gasteiger partial charge in [-0.3, -0.25) is 4.79 Å². The van der Waals surface area contributed by atoms with E-state index in [1.165, 1.54) is 12.1 Å². The molecule has 4 nitrogen and oxygen atoms in total. The molecule has 7 heteroatoms. The Bertz CT molecular complexity index is 769. The van der Waals surface area contributed by atoms with Gasteiger partial charge in [0, 0.05) is 12.1 Å². The Labute approximate surface area is 162 Å². The number of hydrogen-bond acceptors (Lipinski definition) is 2. The van der Waals surface area contributed by atoms with Crippen molar-refractivity contribution in [3.63, 3.8) is 0 Å². The Balaban J connectivity index is 1.92. The SMILES string of the molecule is COc1ccc(CNC(=O)[C@H](C)[NH2+][C@H](C)c2cc(F)c(Cl)cc2Cl)cc1. The largest absolute Gasteiger partial charge is 0.497 e. The predicted octanol–water partition coefficient (Wildman–Crippen LogP) is 3.47. The summed E-state index contributed by atoms with van der Waals surface area (Å²) >= 11 is 11.9. The number of methoxy groups -OCH3 is 1. The second kappa shape index (κ2) is 9.21. The van der Waals surface area contributed by atoms with Gasteiger partial charge in [-0.05, 0) is 43.7 Å². The van der Waals surface area contributed by atoms with E-state index in [9.17, 15) is 9.18 Å². The van der Waals surface area contributed by atoms with Gasteiger partial charge in [-0.25, -0.2) is 4.39 Å². The Kier molecular flexibility index (Phi) is 7.26. The normalized spacial score (nSPS) is 13.2. The molecule has 0 unspecified atom stereocenters. The molecule has 2 atom stereocenters. The lowest BCUT2D eigenvalue weighted by atomic mass is 10.1. The van der Waals surface area contributed by atoms with E-state index in [0.29, 0.717) is 17.1 Å². The van der Waals surface area contributed by atoms with E-state index in [4.69, 9.17) is 27.9 Å². The third-order valence-corrected chi connectivity index (χ3v) is 4.76. The Morgan fingerprint density at radius 3 is 2.46 bits per heavy atom. The maximum atomic E-state index is 13.7. The van der Waals surface area contributed by atoms with Gasteiger partial charge < -0.3 is 15.4 Å². The first-order chi connectivity index (χ1) is 12.3. The second-order valence-electron chi connectivity index (χ2n) is 6.12. The molecule has 3 N–H and O–H groups in total. The summed E-state index contributed by atoms with van der Waals surface area (Å²) < 4.78 is 18.8. The molecule has 0 aliphatic carbocycles. The van der Waals surface area contributed by atoms with Crippen molar-refractivity contribution in [3.8, 4) is 5.75 Å². The fourth-order valence-corrected chi connectivity index (χ4v) is 3.16. The van der Waals surface area contributed by atoms with Gasteiger partial charge in [-0.15, -0.1) is 0 Å². The lowest BCUT2D eigenvalue weighted by Crippen LogP contribution is -2.92. The minimum atomic E-state index is -0.525. The van der Waals surface area contributed by atoms with E-state index in [1.807, 2.05) is 36.5 Å². The highest BCUT2D eigenvalue weighted by Crippen LogP contribution is 2.27. The van der Waals surface area contributed by atoms with Crippen molar-refractivity contribution in [1.82, 2.24) is 5.32 Å². The third kappa shape index (κ3) is 5.34. The van der Waals surface area contributed by atoms with Crippen LogP contribution in [0.4, 0.5) is 4.39 Å². The van der Waals surface area contributed by atoms with Gasteiger partial charge in [0.25, 0.3) is 5.91 Å². The van der Waals surface area contributed by atoms with E-state index < -0.39 is 5.82 Å². The molecule has 0 aliphatic rings. The van der Waals surface area contributed by atoms with Crippen LogP contribution >= 0.6 is 23.2 Å². The number of rotatable bonds is 7. The number of ether oxygens (including phenoxy) is 1. The molecule has 0 aliphatic heterocycles. The third-order valence-electron chi connectivity index (χ3n) is 4.15. The van der Waals surface area contributed by atoms with E-state index in [2.05, 4.69) is 5.32 Å². The van der Waals surface area contributed by atoms with Crippen LogP contribution in [0.15, 0.2) is 36.4 Å². The maximum absolute atomic E-state index is 13.7. The first-order valence-electron chi connectivity index (χ1n) is 8.22. The number of amides is 1. The summed E-state index contributed by atoms with van der Waals surface area (Å²) in [6, 6.07) is 9.61. The Morgan fingerprint density at radius 1 is 1.19 bits per heavy atom. The number of hydrogen-bond donors (Lipinski definition) is 2. The summed E-state index contributed by atoms with van der Waals surface area (Å²) in [6.07, 6.45) is 0. The zero-order valence-corrected chi connectivity index (χ0v) is 16.4. The molecule has 26 heavy (non-hydrogen) atoms. The van der Waals surface area contributed by atoms with Crippen molar-refractivity contribution in [2.75, 3.05) is 7.11 Å². The molecular formula is C19H22Cl2FN2O2+. The fourth-order valence-electron chi connectivity index (χ4n) is 2.60. The zero-order chi connectivity index (χ0) is 19.3. The van der Waals surface area contributed by atoms with Crippen molar-refractivity contribution < 1.29 is 19.2 Å². The van der Waals surface area contributed by atoms with Crippen molar-refractivity contribution in [2.24, 2.45) is 0 Å². The summed E-state index contributed by atoms with van der Waals surface area (Å²) in [5.41, 5.74) is 1.57. The first kappa shape index (κ1) is 20.5. The van der Waals surface area contributed by atoms with Crippen LogP contribution in [-0.2, 0) is 11.3 Å². The number of carbonyl (C=O) groups is 1. The van der Waals surface area contributed by atoms with Crippen LogP contribution in [-0.4, -0.2) is 19.1 Å². The van der Waals surface area contributed by atoms with Crippen LogP contribution in [0.2, 0.25) is 10.0 Å². The molecule has 2 aromatic rings. The van der Waals surface area contributed by atoms with Crippen LogP contribution in [0.3, 0.4) is 0 Å². The van der Waals surface area contributed by atoms with Crippen molar-refractivity contribution in [1.29, 1.82) is 0 Å². The summed E-state index contributed by atoms with van der Waals surface area (Å²) in [7, 11) is 1.61. The fraction of sp³-hybridized carbons (Fsp3) is 0.316. The zero-order valence-electron chi connectivity index (χ0n) is 14.9. The van der Waals surface area contributed by atoms with E-state index in [0.717, 1.165) is 11.3 Å².